The maximum atomic E-state index is 12.1. The van der Waals surface area contributed by atoms with E-state index in [4.69, 9.17) is 9.26 Å². The number of nitrogens with zero attached hydrogens (tertiary/aromatic N) is 2. The number of aryl methyl sites for hydroxylation is 1. The Hall–Kier alpha value is -3.15. The number of hydrogen-bond donors (Lipinski definition) is 1. The second-order valence-electron chi connectivity index (χ2n) is 7.12. The van der Waals surface area contributed by atoms with E-state index in [1.165, 1.54) is 18.4 Å². The van der Waals surface area contributed by atoms with Crippen LogP contribution >= 0.6 is 0 Å². The molecule has 0 unspecified atom stereocenters. The van der Waals surface area contributed by atoms with Gasteiger partial charge in [-0.25, -0.2) is 0 Å². The van der Waals surface area contributed by atoms with Crippen molar-refractivity contribution < 1.29 is 14.1 Å². The fourth-order valence-electron chi connectivity index (χ4n) is 3.40. The lowest BCUT2D eigenvalue weighted by Crippen LogP contribution is -2.36. The summed E-state index contributed by atoms with van der Waals surface area (Å²) in [5.74, 6) is 1.32. The van der Waals surface area contributed by atoms with Gasteiger partial charge in [0, 0.05) is 11.6 Å². The molecule has 1 aliphatic carbocycles. The summed E-state index contributed by atoms with van der Waals surface area (Å²) in [4.78, 5) is 16.6. The Labute approximate surface area is 163 Å². The first-order chi connectivity index (χ1) is 13.7. The van der Waals surface area contributed by atoms with Crippen LogP contribution in [0, 0.1) is 6.92 Å². The predicted molar refractivity (Wildman–Crippen MR) is 106 cm³/mol. The van der Waals surface area contributed by atoms with E-state index < -0.39 is 0 Å². The molecule has 1 saturated carbocycles. The Bertz CT molecular complexity index is 944. The van der Waals surface area contributed by atoms with Crippen LogP contribution in [0.2, 0.25) is 0 Å². The zero-order valence-electron chi connectivity index (χ0n) is 15.9. The normalized spacial score (nSPS) is 14.2. The van der Waals surface area contributed by atoms with Crippen molar-refractivity contribution in [2.75, 3.05) is 6.61 Å². The number of rotatable bonds is 6. The van der Waals surface area contributed by atoms with Crippen molar-refractivity contribution in [3.63, 3.8) is 0 Å². The van der Waals surface area contributed by atoms with Gasteiger partial charge in [-0.2, -0.15) is 4.98 Å². The standard InChI is InChI=1S/C22H23N3O3/c1-15-10-12-16(13-11-15)21-24-22(28-25-21)18-8-4-5-9-19(18)27-14-20(26)23-17-6-2-3-7-17/h4-5,8-13,17H,2-3,6-7,14H2,1H3,(H,23,26). The minimum atomic E-state index is -0.104. The van der Waals surface area contributed by atoms with Crippen molar-refractivity contribution in [2.24, 2.45) is 0 Å². The number of nitrogens with one attached hydrogen (secondary N) is 1. The second kappa shape index (κ2) is 8.25. The lowest BCUT2D eigenvalue weighted by atomic mass is 10.1. The molecule has 1 aromatic heterocycles. The largest absolute Gasteiger partial charge is 0.483 e. The van der Waals surface area contributed by atoms with Gasteiger partial charge in [-0.1, -0.05) is 60.0 Å². The number of carbonyl (C=O) groups excluding carboxylic acids is 1. The van der Waals surface area contributed by atoms with Gasteiger partial charge in [-0.3, -0.25) is 4.79 Å². The van der Waals surface area contributed by atoms with E-state index in [2.05, 4.69) is 15.5 Å². The highest BCUT2D eigenvalue weighted by molar-refractivity contribution is 5.78. The van der Waals surface area contributed by atoms with E-state index in [0.717, 1.165) is 18.4 Å². The van der Waals surface area contributed by atoms with Crippen LogP contribution in [-0.2, 0) is 4.79 Å². The van der Waals surface area contributed by atoms with Gasteiger partial charge in [0.15, 0.2) is 6.61 Å². The summed E-state index contributed by atoms with van der Waals surface area (Å²) in [5, 5.41) is 7.10. The van der Waals surface area contributed by atoms with Gasteiger partial charge in [0.25, 0.3) is 11.8 Å². The van der Waals surface area contributed by atoms with Crippen LogP contribution in [0.15, 0.2) is 53.1 Å². The van der Waals surface area contributed by atoms with Crippen LogP contribution < -0.4 is 10.1 Å². The molecule has 0 spiro atoms. The van der Waals surface area contributed by atoms with Gasteiger partial charge in [-0.15, -0.1) is 0 Å². The van der Waals surface area contributed by atoms with E-state index >= 15 is 0 Å². The molecule has 1 N–H and O–H groups in total. The highest BCUT2D eigenvalue weighted by Gasteiger charge is 2.19. The highest BCUT2D eigenvalue weighted by Crippen LogP contribution is 2.30. The molecule has 144 valence electrons. The maximum Gasteiger partial charge on any atom is 0.262 e. The van der Waals surface area contributed by atoms with E-state index in [9.17, 15) is 4.79 Å². The molecule has 0 aliphatic heterocycles. The molecule has 6 heteroatoms. The average molecular weight is 377 g/mol. The molecule has 1 aliphatic rings. The molecule has 28 heavy (non-hydrogen) atoms. The quantitative estimate of drug-likeness (QED) is 0.698. The predicted octanol–water partition coefficient (Wildman–Crippen LogP) is 4.15. The van der Waals surface area contributed by atoms with Crippen molar-refractivity contribution in [1.82, 2.24) is 15.5 Å². The lowest BCUT2D eigenvalue weighted by molar-refractivity contribution is -0.123. The third-order valence-corrected chi connectivity index (χ3v) is 4.93. The smallest absolute Gasteiger partial charge is 0.262 e. The lowest BCUT2D eigenvalue weighted by Gasteiger charge is -2.13. The van der Waals surface area contributed by atoms with Gasteiger partial charge in [0.2, 0.25) is 5.82 Å². The molecule has 0 radical (unpaired) electrons. The summed E-state index contributed by atoms with van der Waals surface area (Å²) in [5.41, 5.74) is 2.72. The molecule has 2 aromatic carbocycles. The van der Waals surface area contributed by atoms with E-state index in [0.29, 0.717) is 23.0 Å². The first kappa shape index (κ1) is 18.2. The minimum Gasteiger partial charge on any atom is -0.483 e. The summed E-state index contributed by atoms with van der Waals surface area (Å²) in [6.45, 7) is 1.99. The number of hydrogen-bond acceptors (Lipinski definition) is 5. The van der Waals surface area contributed by atoms with Crippen LogP contribution in [0.3, 0.4) is 0 Å². The topological polar surface area (TPSA) is 77.2 Å². The molecule has 4 rings (SSSR count). The van der Waals surface area contributed by atoms with Crippen LogP contribution in [0.1, 0.15) is 31.2 Å². The van der Waals surface area contributed by atoms with Crippen molar-refractivity contribution >= 4 is 5.91 Å². The fourth-order valence-corrected chi connectivity index (χ4v) is 3.40. The van der Waals surface area contributed by atoms with Crippen LogP contribution in [0.5, 0.6) is 5.75 Å². The van der Waals surface area contributed by atoms with E-state index in [1.807, 2.05) is 49.4 Å². The Balaban J connectivity index is 1.47. The molecule has 0 saturated heterocycles. The molecule has 1 amide bonds. The van der Waals surface area contributed by atoms with E-state index in [-0.39, 0.29) is 18.6 Å². The second-order valence-corrected chi connectivity index (χ2v) is 7.12. The molecule has 0 atom stereocenters. The third kappa shape index (κ3) is 4.22. The Morgan fingerprint density at radius 3 is 2.68 bits per heavy atom. The molecule has 6 nitrogen and oxygen atoms in total. The Kier molecular flexibility index (Phi) is 5.37. The average Bonchev–Trinajstić information content (AvgIpc) is 3.39. The van der Waals surface area contributed by atoms with Crippen molar-refractivity contribution in [1.29, 1.82) is 0 Å². The molecular weight excluding hydrogens is 354 g/mol. The molecular formula is C22H23N3O3. The highest BCUT2D eigenvalue weighted by atomic mass is 16.5. The van der Waals surface area contributed by atoms with Crippen LogP contribution in [0.25, 0.3) is 22.8 Å². The molecule has 3 aromatic rings. The van der Waals surface area contributed by atoms with Gasteiger partial charge in [0.05, 0.1) is 5.56 Å². The third-order valence-electron chi connectivity index (χ3n) is 4.93. The first-order valence-electron chi connectivity index (χ1n) is 9.61. The van der Waals surface area contributed by atoms with Gasteiger partial charge in [-0.05, 0) is 31.9 Å². The number of aromatic nitrogens is 2. The zero-order valence-corrected chi connectivity index (χ0v) is 15.9. The minimum absolute atomic E-state index is 0.0352. The number of para-hydroxylation sites is 1. The number of amides is 1. The van der Waals surface area contributed by atoms with Crippen LogP contribution in [0.4, 0.5) is 0 Å². The van der Waals surface area contributed by atoms with Gasteiger partial charge >= 0.3 is 0 Å². The summed E-state index contributed by atoms with van der Waals surface area (Å²) in [6.07, 6.45) is 4.45. The Morgan fingerprint density at radius 2 is 1.89 bits per heavy atom. The van der Waals surface area contributed by atoms with Gasteiger partial charge < -0.3 is 14.6 Å². The number of carbonyl (C=O) groups is 1. The summed E-state index contributed by atoms with van der Waals surface area (Å²) < 4.78 is 11.2. The van der Waals surface area contributed by atoms with Crippen LogP contribution in [-0.4, -0.2) is 28.7 Å². The number of ether oxygens (including phenoxy) is 1. The monoisotopic (exact) mass is 377 g/mol. The van der Waals surface area contributed by atoms with Gasteiger partial charge in [0.1, 0.15) is 5.75 Å². The maximum absolute atomic E-state index is 12.1. The molecule has 1 heterocycles. The summed E-state index contributed by atoms with van der Waals surface area (Å²) >= 11 is 0. The van der Waals surface area contributed by atoms with Crippen molar-refractivity contribution in [2.45, 2.75) is 38.6 Å². The fraction of sp³-hybridized carbons (Fsp3) is 0.318. The number of benzene rings is 2. The summed E-state index contributed by atoms with van der Waals surface area (Å²) in [7, 11) is 0. The van der Waals surface area contributed by atoms with Crippen molar-refractivity contribution in [3.05, 3.63) is 54.1 Å². The van der Waals surface area contributed by atoms with E-state index in [1.54, 1.807) is 6.07 Å². The zero-order chi connectivity index (χ0) is 19.3. The Morgan fingerprint density at radius 1 is 1.14 bits per heavy atom. The molecule has 1 fully saturated rings. The summed E-state index contributed by atoms with van der Waals surface area (Å²) in [6, 6.07) is 15.6. The van der Waals surface area contributed by atoms with Crippen molar-refractivity contribution in [3.8, 4) is 28.6 Å². The first-order valence-corrected chi connectivity index (χ1v) is 9.61. The molecule has 0 bridgehead atoms. The SMILES string of the molecule is Cc1ccc(-c2noc(-c3ccccc3OCC(=O)NC3CCCC3)n2)cc1.